The maximum Gasteiger partial charge on any atom is 0.255 e. The summed E-state index contributed by atoms with van der Waals surface area (Å²) in [7, 11) is 0. The number of rotatable bonds is 4. The van der Waals surface area contributed by atoms with E-state index in [4.69, 9.17) is 25.8 Å². The number of carbonyl (C=O) groups excluding carboxylic acids is 1. The zero-order valence-corrected chi connectivity index (χ0v) is 14.8. The van der Waals surface area contributed by atoms with E-state index in [9.17, 15) is 4.79 Å². The van der Waals surface area contributed by atoms with Gasteiger partial charge in [0.1, 0.15) is 5.02 Å². The average Bonchev–Trinajstić information content (AvgIpc) is 3.10. The number of hydrogen-bond donors (Lipinski definition) is 0. The highest BCUT2D eigenvalue weighted by Crippen LogP contribution is 2.28. The van der Waals surface area contributed by atoms with Gasteiger partial charge in [0.05, 0.1) is 24.9 Å². The number of nitrogens with zero attached hydrogens (tertiary/aromatic N) is 2. The van der Waals surface area contributed by atoms with Crippen molar-refractivity contribution in [3.05, 3.63) is 22.8 Å². The molecule has 6 nitrogen and oxygen atoms in total. The molecule has 1 aromatic rings. The lowest BCUT2D eigenvalue weighted by Gasteiger charge is -2.34. The van der Waals surface area contributed by atoms with E-state index in [0.29, 0.717) is 36.2 Å². The Bertz CT molecular complexity index is 590. The van der Waals surface area contributed by atoms with Crippen LogP contribution in [0.3, 0.4) is 0 Å². The topological polar surface area (TPSA) is 60.9 Å². The van der Waals surface area contributed by atoms with Crippen molar-refractivity contribution in [1.82, 2.24) is 9.88 Å². The van der Waals surface area contributed by atoms with Crippen molar-refractivity contribution < 1.29 is 19.0 Å². The molecule has 0 N–H and O–H groups in total. The number of aromatic nitrogens is 1. The van der Waals surface area contributed by atoms with Gasteiger partial charge in [-0.05, 0) is 32.8 Å². The summed E-state index contributed by atoms with van der Waals surface area (Å²) >= 11 is 6.19. The van der Waals surface area contributed by atoms with Crippen LogP contribution in [0.4, 0.5) is 0 Å². The molecule has 0 spiro atoms. The molecule has 1 atom stereocenters. The second-order valence-corrected chi connectivity index (χ2v) is 6.85. The number of carbonyl (C=O) groups is 1. The van der Waals surface area contributed by atoms with E-state index < -0.39 is 0 Å². The second-order valence-electron chi connectivity index (χ2n) is 6.44. The van der Waals surface area contributed by atoms with Gasteiger partial charge < -0.3 is 19.1 Å². The quantitative estimate of drug-likeness (QED) is 0.832. The molecule has 2 saturated heterocycles. The fourth-order valence-corrected chi connectivity index (χ4v) is 3.31. The van der Waals surface area contributed by atoms with Gasteiger partial charge in [0.2, 0.25) is 5.88 Å². The smallest absolute Gasteiger partial charge is 0.255 e. The first-order valence-electron chi connectivity index (χ1n) is 8.39. The number of amides is 1. The van der Waals surface area contributed by atoms with E-state index in [1.54, 1.807) is 6.07 Å². The first kappa shape index (κ1) is 17.5. The molecule has 0 radical (unpaired) electrons. The molecule has 0 aliphatic carbocycles. The summed E-state index contributed by atoms with van der Waals surface area (Å²) in [6, 6.07) is 1.63. The van der Waals surface area contributed by atoms with Crippen LogP contribution in [0.25, 0.3) is 0 Å². The third-order valence-corrected chi connectivity index (χ3v) is 4.45. The SMILES string of the molecule is CC(C)Oc1ncc(C(=O)N2CCCC(C3OCCO3)C2)cc1Cl. The van der Waals surface area contributed by atoms with E-state index in [1.807, 2.05) is 18.7 Å². The molecule has 3 heterocycles. The van der Waals surface area contributed by atoms with Gasteiger partial charge in [0.15, 0.2) is 6.29 Å². The summed E-state index contributed by atoms with van der Waals surface area (Å²) in [5.74, 6) is 0.507. The third-order valence-electron chi connectivity index (χ3n) is 4.18. The highest BCUT2D eigenvalue weighted by molar-refractivity contribution is 6.32. The summed E-state index contributed by atoms with van der Waals surface area (Å²) in [5, 5.41) is 0.352. The van der Waals surface area contributed by atoms with Crippen molar-refractivity contribution in [1.29, 1.82) is 0 Å². The fraction of sp³-hybridized carbons (Fsp3) is 0.647. The Balaban J connectivity index is 1.67. The third kappa shape index (κ3) is 3.99. The highest BCUT2D eigenvalue weighted by atomic mass is 35.5. The summed E-state index contributed by atoms with van der Waals surface area (Å²) in [4.78, 5) is 18.8. The molecule has 1 unspecified atom stereocenters. The number of piperidine rings is 1. The van der Waals surface area contributed by atoms with Crippen molar-refractivity contribution in [3.8, 4) is 5.88 Å². The molecule has 0 aromatic carbocycles. The van der Waals surface area contributed by atoms with E-state index >= 15 is 0 Å². The standard InChI is InChI=1S/C17H23ClN2O4/c1-11(2)24-15-14(18)8-13(9-19-15)16(21)20-5-3-4-12(10-20)17-22-6-7-23-17/h8-9,11-12,17H,3-7,10H2,1-2H3. The number of likely N-dealkylation sites (tertiary alicyclic amines) is 1. The van der Waals surface area contributed by atoms with Gasteiger partial charge in [0, 0.05) is 25.2 Å². The van der Waals surface area contributed by atoms with Gasteiger partial charge in [-0.2, -0.15) is 0 Å². The van der Waals surface area contributed by atoms with Crippen LogP contribution in [0.5, 0.6) is 5.88 Å². The zero-order chi connectivity index (χ0) is 17.1. The lowest BCUT2D eigenvalue weighted by atomic mass is 9.97. The van der Waals surface area contributed by atoms with Crippen LogP contribution in [-0.2, 0) is 9.47 Å². The lowest BCUT2D eigenvalue weighted by molar-refractivity contribution is -0.0969. The van der Waals surface area contributed by atoms with Crippen LogP contribution in [0.1, 0.15) is 37.0 Å². The molecule has 0 bridgehead atoms. The van der Waals surface area contributed by atoms with Crippen LogP contribution in [-0.4, -0.2) is 54.5 Å². The molecule has 24 heavy (non-hydrogen) atoms. The van der Waals surface area contributed by atoms with Gasteiger partial charge >= 0.3 is 0 Å². The summed E-state index contributed by atoms with van der Waals surface area (Å²) in [6.45, 7) is 6.42. The Morgan fingerprint density at radius 3 is 2.83 bits per heavy atom. The number of halogens is 1. The molecular formula is C17H23ClN2O4. The first-order chi connectivity index (χ1) is 11.5. The number of ether oxygens (including phenoxy) is 3. The molecular weight excluding hydrogens is 332 g/mol. The molecule has 2 fully saturated rings. The molecule has 0 saturated carbocycles. The zero-order valence-electron chi connectivity index (χ0n) is 14.0. The van der Waals surface area contributed by atoms with Crippen LogP contribution in [0.2, 0.25) is 5.02 Å². The Hall–Kier alpha value is -1.37. The van der Waals surface area contributed by atoms with Crippen molar-refractivity contribution in [2.75, 3.05) is 26.3 Å². The fourth-order valence-electron chi connectivity index (χ4n) is 3.10. The molecule has 1 amide bonds. The van der Waals surface area contributed by atoms with Gasteiger partial charge in [-0.3, -0.25) is 4.79 Å². The second kappa shape index (κ2) is 7.68. The normalized spacial score (nSPS) is 22.2. The lowest BCUT2D eigenvalue weighted by Crippen LogP contribution is -2.43. The summed E-state index contributed by atoms with van der Waals surface area (Å²) in [5.41, 5.74) is 0.477. The maximum absolute atomic E-state index is 12.8. The molecule has 3 rings (SSSR count). The average molecular weight is 355 g/mol. The van der Waals surface area contributed by atoms with Crippen LogP contribution in [0, 0.1) is 5.92 Å². The monoisotopic (exact) mass is 354 g/mol. The van der Waals surface area contributed by atoms with Crippen molar-refractivity contribution >= 4 is 17.5 Å². The Labute approximate surface area is 147 Å². The molecule has 132 valence electrons. The minimum absolute atomic E-state index is 0.0224. The predicted octanol–water partition coefficient (Wildman–Crippen LogP) is 2.75. The van der Waals surface area contributed by atoms with Crippen molar-refractivity contribution in [2.45, 2.75) is 39.1 Å². The molecule has 1 aromatic heterocycles. The highest BCUT2D eigenvalue weighted by Gasteiger charge is 2.33. The van der Waals surface area contributed by atoms with Gasteiger partial charge in [0.25, 0.3) is 5.91 Å². The minimum Gasteiger partial charge on any atom is -0.474 e. The van der Waals surface area contributed by atoms with E-state index in [2.05, 4.69) is 4.98 Å². The number of hydrogen-bond acceptors (Lipinski definition) is 5. The maximum atomic E-state index is 12.8. The van der Waals surface area contributed by atoms with Crippen LogP contribution in [0.15, 0.2) is 12.3 Å². The van der Waals surface area contributed by atoms with Crippen LogP contribution >= 0.6 is 11.6 Å². The van der Waals surface area contributed by atoms with Crippen molar-refractivity contribution in [2.24, 2.45) is 5.92 Å². The Morgan fingerprint density at radius 2 is 2.17 bits per heavy atom. The van der Waals surface area contributed by atoms with Gasteiger partial charge in [-0.15, -0.1) is 0 Å². The van der Waals surface area contributed by atoms with Crippen molar-refractivity contribution in [3.63, 3.8) is 0 Å². The van der Waals surface area contributed by atoms with Gasteiger partial charge in [-0.25, -0.2) is 4.98 Å². The van der Waals surface area contributed by atoms with Crippen LogP contribution < -0.4 is 4.74 Å². The Kier molecular flexibility index (Phi) is 5.58. The van der Waals surface area contributed by atoms with E-state index in [-0.39, 0.29) is 24.2 Å². The molecule has 2 aliphatic rings. The summed E-state index contributed by atoms with van der Waals surface area (Å²) in [6.07, 6.45) is 3.26. The number of pyridine rings is 1. The molecule has 2 aliphatic heterocycles. The summed E-state index contributed by atoms with van der Waals surface area (Å²) < 4.78 is 16.7. The van der Waals surface area contributed by atoms with E-state index in [1.165, 1.54) is 6.20 Å². The van der Waals surface area contributed by atoms with Gasteiger partial charge in [-0.1, -0.05) is 11.6 Å². The minimum atomic E-state index is -0.191. The predicted molar refractivity (Wildman–Crippen MR) is 89.3 cm³/mol. The van der Waals surface area contributed by atoms with E-state index in [0.717, 1.165) is 19.4 Å². The first-order valence-corrected chi connectivity index (χ1v) is 8.77. The molecule has 7 heteroatoms. The largest absolute Gasteiger partial charge is 0.474 e. The Morgan fingerprint density at radius 1 is 1.42 bits per heavy atom.